The van der Waals surface area contributed by atoms with E-state index in [1.807, 2.05) is 24.3 Å². The Morgan fingerprint density at radius 1 is 1.04 bits per heavy atom. The molecule has 0 radical (unpaired) electrons. The van der Waals surface area contributed by atoms with E-state index in [1.165, 1.54) is 29.4 Å². The van der Waals surface area contributed by atoms with Crippen LogP contribution in [0.25, 0.3) is 0 Å². The molecule has 0 spiro atoms. The van der Waals surface area contributed by atoms with E-state index in [-0.39, 0.29) is 17.9 Å². The summed E-state index contributed by atoms with van der Waals surface area (Å²) in [6, 6.07) is 13.0. The molecule has 0 aromatic heterocycles. The molecular weight excluding hydrogens is 355 g/mol. The second-order valence-corrected chi connectivity index (χ2v) is 8.34. The average Bonchev–Trinajstić information content (AvgIpc) is 2.74. The number of carbonyl (C=O) groups is 1. The lowest BCUT2D eigenvalue weighted by Crippen LogP contribution is -2.44. The molecule has 2 unspecified atom stereocenters. The summed E-state index contributed by atoms with van der Waals surface area (Å²) < 4.78 is 14.8. The second kappa shape index (κ2) is 6.89. The molecule has 4 heterocycles. The summed E-state index contributed by atoms with van der Waals surface area (Å²) in [4.78, 5) is 15.8. The minimum atomic E-state index is -0.925. The fourth-order valence-electron chi connectivity index (χ4n) is 5.41. The Balaban J connectivity index is 1.58. The molecule has 0 saturated carbocycles. The zero-order valence-electron chi connectivity index (χ0n) is 15.9. The Morgan fingerprint density at radius 3 is 2.54 bits per heavy atom. The van der Waals surface area contributed by atoms with E-state index in [4.69, 9.17) is 0 Å². The molecule has 1 amide bonds. The maximum absolute atomic E-state index is 14.8. The van der Waals surface area contributed by atoms with Crippen molar-refractivity contribution in [2.45, 2.75) is 37.8 Å². The highest BCUT2D eigenvalue weighted by Gasteiger charge is 2.37. The van der Waals surface area contributed by atoms with E-state index in [0.29, 0.717) is 18.9 Å². The molecule has 6 rings (SSSR count). The highest BCUT2D eigenvalue weighted by atomic mass is 19.1. The lowest BCUT2D eigenvalue weighted by Gasteiger charge is -2.46. The lowest BCUT2D eigenvalue weighted by atomic mass is 9.79. The number of nitrogens with zero attached hydrogens (tertiary/aromatic N) is 2. The zero-order valence-corrected chi connectivity index (χ0v) is 15.9. The van der Waals surface area contributed by atoms with Crippen LogP contribution in [0.4, 0.5) is 9.18 Å². The highest BCUT2D eigenvalue weighted by Crippen LogP contribution is 2.43. The van der Waals surface area contributed by atoms with Crippen LogP contribution in [-0.2, 0) is 6.42 Å². The topological polar surface area (TPSA) is 43.8 Å². The molecule has 4 aliphatic rings. The zero-order chi connectivity index (χ0) is 19.3. The number of benzene rings is 2. The summed E-state index contributed by atoms with van der Waals surface area (Å²) in [5.41, 5.74) is 3.79. The van der Waals surface area contributed by atoms with Crippen LogP contribution in [-0.4, -0.2) is 40.6 Å². The van der Waals surface area contributed by atoms with Gasteiger partial charge in [0, 0.05) is 18.2 Å². The molecule has 4 aliphatic heterocycles. The maximum Gasteiger partial charge on any atom is 0.408 e. The van der Waals surface area contributed by atoms with Crippen LogP contribution >= 0.6 is 0 Å². The van der Waals surface area contributed by atoms with Crippen molar-refractivity contribution in [3.8, 4) is 0 Å². The van der Waals surface area contributed by atoms with E-state index < -0.39 is 6.09 Å². The second-order valence-electron chi connectivity index (χ2n) is 8.34. The van der Waals surface area contributed by atoms with Crippen LogP contribution in [0.15, 0.2) is 42.5 Å². The number of hydrogen-bond donors (Lipinski definition) is 1. The molecule has 4 nitrogen and oxygen atoms in total. The van der Waals surface area contributed by atoms with Gasteiger partial charge in [-0.1, -0.05) is 30.3 Å². The standard InChI is InChI=1S/C23H25FN2O2/c24-20-6-5-17(14-19(20)21-13-15-7-10-25(21)11-8-15)22-18-4-2-1-3-16(18)9-12-26(22)23(27)28/h1-6,14-15,21-22H,7-13H2,(H,27,28). The third-order valence-electron chi connectivity index (χ3n) is 6.87. The van der Waals surface area contributed by atoms with Gasteiger partial charge < -0.3 is 5.11 Å². The van der Waals surface area contributed by atoms with Gasteiger partial charge in [0.2, 0.25) is 0 Å². The van der Waals surface area contributed by atoms with Crippen molar-refractivity contribution in [1.29, 1.82) is 0 Å². The first kappa shape index (κ1) is 17.7. The van der Waals surface area contributed by atoms with Gasteiger partial charge in [0.25, 0.3) is 0 Å². The molecule has 1 N–H and O–H groups in total. The molecule has 3 fully saturated rings. The molecule has 3 saturated heterocycles. The van der Waals surface area contributed by atoms with Gasteiger partial charge in [0.1, 0.15) is 5.82 Å². The summed E-state index contributed by atoms with van der Waals surface area (Å²) in [5, 5.41) is 9.80. The van der Waals surface area contributed by atoms with E-state index in [1.54, 1.807) is 6.07 Å². The van der Waals surface area contributed by atoms with Gasteiger partial charge in [-0.05, 0) is 73.5 Å². The summed E-state index contributed by atoms with van der Waals surface area (Å²) in [7, 11) is 0. The van der Waals surface area contributed by atoms with Crippen LogP contribution in [0.1, 0.15) is 53.6 Å². The van der Waals surface area contributed by atoms with Crippen molar-refractivity contribution in [3.63, 3.8) is 0 Å². The minimum absolute atomic E-state index is 0.115. The van der Waals surface area contributed by atoms with Crippen molar-refractivity contribution in [3.05, 3.63) is 70.5 Å². The summed E-state index contributed by atoms with van der Waals surface area (Å²) in [5.74, 6) is 0.510. The Kier molecular flexibility index (Phi) is 4.35. The molecule has 5 heteroatoms. The molecule has 146 valence electrons. The Hall–Kier alpha value is -2.40. The van der Waals surface area contributed by atoms with Crippen LogP contribution < -0.4 is 0 Å². The number of piperidine rings is 3. The van der Waals surface area contributed by atoms with Gasteiger partial charge in [-0.2, -0.15) is 0 Å². The maximum atomic E-state index is 14.8. The first-order valence-electron chi connectivity index (χ1n) is 10.2. The summed E-state index contributed by atoms with van der Waals surface area (Å²) in [6.45, 7) is 2.53. The third kappa shape index (κ3) is 2.89. The third-order valence-corrected chi connectivity index (χ3v) is 6.87. The van der Waals surface area contributed by atoms with Crippen LogP contribution in [0.5, 0.6) is 0 Å². The number of amides is 1. The molecule has 2 aromatic rings. The average molecular weight is 380 g/mol. The van der Waals surface area contributed by atoms with Gasteiger partial charge >= 0.3 is 6.09 Å². The van der Waals surface area contributed by atoms with Crippen LogP contribution in [0.3, 0.4) is 0 Å². The number of carboxylic acid groups (broad SMARTS) is 1. The molecule has 2 atom stereocenters. The first-order chi connectivity index (χ1) is 13.6. The fourth-order valence-corrected chi connectivity index (χ4v) is 5.41. The fraction of sp³-hybridized carbons (Fsp3) is 0.435. The van der Waals surface area contributed by atoms with E-state index in [0.717, 1.165) is 36.2 Å². The number of fused-ring (bicyclic) bond motifs is 4. The van der Waals surface area contributed by atoms with Crippen molar-refractivity contribution < 1.29 is 14.3 Å². The number of rotatable bonds is 2. The molecule has 2 aromatic carbocycles. The quantitative estimate of drug-likeness (QED) is 0.828. The first-order valence-corrected chi connectivity index (χ1v) is 10.2. The monoisotopic (exact) mass is 380 g/mol. The van der Waals surface area contributed by atoms with Gasteiger partial charge in [-0.25, -0.2) is 9.18 Å². The Morgan fingerprint density at radius 2 is 1.82 bits per heavy atom. The summed E-state index contributed by atoms with van der Waals surface area (Å²) in [6.07, 6.45) is 3.21. The predicted octanol–water partition coefficient (Wildman–Crippen LogP) is 4.61. The van der Waals surface area contributed by atoms with E-state index >= 15 is 0 Å². The normalized spacial score (nSPS) is 28.8. The van der Waals surface area contributed by atoms with Crippen molar-refractivity contribution in [2.75, 3.05) is 19.6 Å². The van der Waals surface area contributed by atoms with Crippen molar-refractivity contribution in [2.24, 2.45) is 5.92 Å². The highest BCUT2D eigenvalue weighted by molar-refractivity contribution is 5.68. The van der Waals surface area contributed by atoms with Gasteiger partial charge in [-0.3, -0.25) is 9.80 Å². The predicted molar refractivity (Wildman–Crippen MR) is 105 cm³/mol. The van der Waals surface area contributed by atoms with Crippen LogP contribution in [0.2, 0.25) is 0 Å². The Bertz CT molecular complexity index is 907. The van der Waals surface area contributed by atoms with Gasteiger partial charge in [-0.15, -0.1) is 0 Å². The number of halogens is 1. The largest absolute Gasteiger partial charge is 0.465 e. The van der Waals surface area contributed by atoms with Gasteiger partial charge in [0.05, 0.1) is 6.04 Å². The number of hydrogen-bond acceptors (Lipinski definition) is 2. The van der Waals surface area contributed by atoms with Crippen LogP contribution in [0, 0.1) is 11.7 Å². The molecule has 0 aliphatic carbocycles. The van der Waals surface area contributed by atoms with Crippen molar-refractivity contribution in [1.82, 2.24) is 9.80 Å². The molecule has 28 heavy (non-hydrogen) atoms. The molecular formula is C23H25FN2O2. The summed E-state index contributed by atoms with van der Waals surface area (Å²) >= 11 is 0. The lowest BCUT2D eigenvalue weighted by molar-refractivity contribution is 0.0471. The molecule has 2 bridgehead atoms. The van der Waals surface area contributed by atoms with E-state index in [2.05, 4.69) is 11.0 Å². The van der Waals surface area contributed by atoms with Gasteiger partial charge in [0.15, 0.2) is 0 Å². The minimum Gasteiger partial charge on any atom is -0.465 e. The SMILES string of the molecule is O=C(O)N1CCc2ccccc2C1c1ccc(F)c(C2CC3CCN2CC3)c1. The van der Waals surface area contributed by atoms with Crippen molar-refractivity contribution >= 4 is 6.09 Å². The Labute approximate surface area is 164 Å². The smallest absolute Gasteiger partial charge is 0.408 e. The van der Waals surface area contributed by atoms with E-state index in [9.17, 15) is 14.3 Å².